The smallest absolute Gasteiger partial charge is 0.411 e. The summed E-state index contributed by atoms with van der Waals surface area (Å²) in [7, 11) is 0. The van der Waals surface area contributed by atoms with Gasteiger partial charge in [-0.2, -0.15) is 0 Å². The Kier molecular flexibility index (Phi) is 4.21. The number of aliphatic carboxylic acids is 1. The molecule has 0 aromatic carbocycles. The molecule has 1 heterocycles. The van der Waals surface area contributed by atoms with Crippen molar-refractivity contribution in [2.75, 3.05) is 19.6 Å². The van der Waals surface area contributed by atoms with Gasteiger partial charge in [0.25, 0.3) is 0 Å². The number of hydrogen-bond donors (Lipinski definition) is 2. The van der Waals surface area contributed by atoms with Gasteiger partial charge in [-0.25, -0.2) is 9.59 Å². The van der Waals surface area contributed by atoms with Crippen molar-refractivity contribution in [3.05, 3.63) is 0 Å². The summed E-state index contributed by atoms with van der Waals surface area (Å²) < 4.78 is 5.27. The van der Waals surface area contributed by atoms with E-state index in [-0.39, 0.29) is 6.54 Å². The zero-order chi connectivity index (χ0) is 14.0. The van der Waals surface area contributed by atoms with E-state index in [9.17, 15) is 14.7 Å². The molecule has 1 aliphatic heterocycles. The van der Waals surface area contributed by atoms with Gasteiger partial charge in [0.2, 0.25) is 0 Å². The van der Waals surface area contributed by atoms with E-state index in [1.807, 2.05) is 0 Å². The van der Waals surface area contributed by atoms with Crippen LogP contribution in [0.5, 0.6) is 0 Å². The van der Waals surface area contributed by atoms with Gasteiger partial charge in [-0.3, -0.25) is 4.90 Å². The Hall–Kier alpha value is -1.30. The van der Waals surface area contributed by atoms with Crippen LogP contribution in [0.3, 0.4) is 0 Å². The minimum Gasteiger partial charge on any atom is -0.479 e. The highest BCUT2D eigenvalue weighted by atomic mass is 16.6. The first-order chi connectivity index (χ1) is 8.17. The Bertz CT molecular complexity index is 337. The zero-order valence-corrected chi connectivity index (χ0v) is 11.4. The van der Waals surface area contributed by atoms with Gasteiger partial charge in [0.05, 0.1) is 0 Å². The highest BCUT2D eigenvalue weighted by molar-refractivity contribution is 5.84. The summed E-state index contributed by atoms with van der Waals surface area (Å²) in [6, 6.07) is 0. The highest BCUT2D eigenvalue weighted by Crippen LogP contribution is 2.21. The van der Waals surface area contributed by atoms with Gasteiger partial charge in [-0.05, 0) is 40.7 Å². The number of amides is 1. The van der Waals surface area contributed by atoms with Gasteiger partial charge in [0, 0.05) is 13.1 Å². The minimum atomic E-state index is -1.27. The van der Waals surface area contributed by atoms with E-state index in [0.717, 1.165) is 0 Å². The number of rotatable bonds is 1. The van der Waals surface area contributed by atoms with Gasteiger partial charge in [0.15, 0.2) is 5.54 Å². The summed E-state index contributed by atoms with van der Waals surface area (Å²) in [5.41, 5.74) is -1.89. The van der Waals surface area contributed by atoms with Crippen LogP contribution >= 0.6 is 0 Å². The molecular weight excluding hydrogens is 236 g/mol. The van der Waals surface area contributed by atoms with Crippen molar-refractivity contribution in [3.8, 4) is 0 Å². The number of nitrogens with zero attached hydrogens (tertiary/aromatic N) is 1. The molecule has 0 bridgehead atoms. The lowest BCUT2D eigenvalue weighted by atomic mass is 10.0. The van der Waals surface area contributed by atoms with Crippen LogP contribution in [0.2, 0.25) is 0 Å². The second kappa shape index (κ2) is 5.14. The van der Waals surface area contributed by atoms with Gasteiger partial charge in [0.1, 0.15) is 5.60 Å². The third-order valence-corrected chi connectivity index (χ3v) is 2.87. The standard InChI is InChI=1S/C12H22N2O4/c1-11(2,3)18-10(17)14-7-5-6-13-8-12(14,4)9(15)16/h13H,5-8H2,1-4H3,(H,15,16). The maximum Gasteiger partial charge on any atom is 0.411 e. The summed E-state index contributed by atoms with van der Waals surface area (Å²) in [6.07, 6.45) is 0.137. The van der Waals surface area contributed by atoms with Crippen LogP contribution in [0.4, 0.5) is 4.79 Å². The first-order valence-electron chi connectivity index (χ1n) is 6.11. The molecule has 18 heavy (non-hydrogen) atoms. The fraction of sp³-hybridized carbons (Fsp3) is 0.833. The molecule has 6 nitrogen and oxygen atoms in total. The normalized spacial score (nSPS) is 25.4. The van der Waals surface area contributed by atoms with E-state index in [2.05, 4.69) is 5.32 Å². The molecule has 1 amide bonds. The molecule has 0 saturated carbocycles. The fourth-order valence-corrected chi connectivity index (χ4v) is 1.84. The lowest BCUT2D eigenvalue weighted by molar-refractivity contribution is -0.149. The number of hydrogen-bond acceptors (Lipinski definition) is 4. The number of carboxylic acid groups (broad SMARTS) is 1. The number of carbonyl (C=O) groups excluding carboxylic acids is 1. The molecule has 0 aromatic heterocycles. The molecule has 1 unspecified atom stereocenters. The van der Waals surface area contributed by atoms with Crippen LogP contribution in [0, 0.1) is 0 Å². The van der Waals surface area contributed by atoms with Gasteiger partial charge in [-0.15, -0.1) is 0 Å². The Balaban J connectivity index is 2.93. The third kappa shape index (κ3) is 3.35. The van der Waals surface area contributed by atoms with Crippen molar-refractivity contribution in [2.24, 2.45) is 0 Å². The van der Waals surface area contributed by atoms with E-state index in [4.69, 9.17) is 4.74 Å². The maximum absolute atomic E-state index is 12.1. The van der Waals surface area contributed by atoms with E-state index in [1.54, 1.807) is 20.8 Å². The second-order valence-electron chi connectivity index (χ2n) is 5.74. The van der Waals surface area contributed by atoms with Crippen LogP contribution in [-0.2, 0) is 9.53 Å². The predicted molar refractivity (Wildman–Crippen MR) is 66.5 cm³/mol. The van der Waals surface area contributed by atoms with Gasteiger partial charge >= 0.3 is 12.1 Å². The molecule has 2 N–H and O–H groups in total. The minimum absolute atomic E-state index is 0.224. The molecule has 1 fully saturated rings. The fourth-order valence-electron chi connectivity index (χ4n) is 1.84. The summed E-state index contributed by atoms with van der Waals surface area (Å²) in [4.78, 5) is 24.8. The molecule has 0 aromatic rings. The quantitative estimate of drug-likeness (QED) is 0.735. The molecule has 104 valence electrons. The van der Waals surface area contributed by atoms with Crippen LogP contribution < -0.4 is 5.32 Å². The van der Waals surface area contributed by atoms with Crippen molar-refractivity contribution in [1.29, 1.82) is 0 Å². The molecule has 0 spiro atoms. The van der Waals surface area contributed by atoms with E-state index in [1.165, 1.54) is 11.8 Å². The summed E-state index contributed by atoms with van der Waals surface area (Å²) in [6.45, 7) is 8.13. The van der Waals surface area contributed by atoms with Crippen molar-refractivity contribution in [3.63, 3.8) is 0 Å². The first-order valence-corrected chi connectivity index (χ1v) is 6.11. The van der Waals surface area contributed by atoms with Crippen molar-refractivity contribution in [1.82, 2.24) is 10.2 Å². The van der Waals surface area contributed by atoms with E-state index >= 15 is 0 Å². The van der Waals surface area contributed by atoms with E-state index in [0.29, 0.717) is 19.5 Å². The SMILES string of the molecule is CC(C)(C)OC(=O)N1CCCNCC1(C)C(=O)O. The molecule has 6 heteroatoms. The van der Waals surface area contributed by atoms with E-state index < -0.39 is 23.2 Å². The number of carboxylic acids is 1. The Labute approximate surface area is 107 Å². The maximum atomic E-state index is 12.1. The van der Waals surface area contributed by atoms with Crippen LogP contribution in [0.25, 0.3) is 0 Å². The monoisotopic (exact) mass is 258 g/mol. The molecule has 0 radical (unpaired) electrons. The number of ether oxygens (including phenoxy) is 1. The van der Waals surface area contributed by atoms with Crippen LogP contribution in [-0.4, -0.2) is 52.8 Å². The van der Waals surface area contributed by atoms with Crippen LogP contribution in [0.15, 0.2) is 0 Å². The van der Waals surface area contributed by atoms with Crippen LogP contribution in [0.1, 0.15) is 34.1 Å². The lowest BCUT2D eigenvalue weighted by Crippen LogP contribution is -2.59. The number of carbonyl (C=O) groups is 2. The lowest BCUT2D eigenvalue weighted by Gasteiger charge is -2.37. The molecule has 0 aliphatic carbocycles. The average Bonchev–Trinajstić information content (AvgIpc) is 2.38. The topological polar surface area (TPSA) is 78.9 Å². The van der Waals surface area contributed by atoms with Crippen molar-refractivity contribution in [2.45, 2.75) is 45.3 Å². The predicted octanol–water partition coefficient (Wildman–Crippen LogP) is 1.06. The van der Waals surface area contributed by atoms with Gasteiger partial charge < -0.3 is 15.2 Å². The highest BCUT2D eigenvalue weighted by Gasteiger charge is 2.44. The summed E-state index contributed by atoms with van der Waals surface area (Å²) in [5, 5.41) is 12.4. The molecular formula is C12H22N2O4. The zero-order valence-electron chi connectivity index (χ0n) is 11.4. The Morgan fingerprint density at radius 3 is 2.50 bits per heavy atom. The second-order valence-corrected chi connectivity index (χ2v) is 5.74. The van der Waals surface area contributed by atoms with Crippen molar-refractivity contribution >= 4 is 12.1 Å². The van der Waals surface area contributed by atoms with Crippen molar-refractivity contribution < 1.29 is 19.4 Å². The average molecular weight is 258 g/mol. The summed E-state index contributed by atoms with van der Waals surface area (Å²) in [5.74, 6) is -1.03. The molecule has 1 saturated heterocycles. The largest absolute Gasteiger partial charge is 0.479 e. The van der Waals surface area contributed by atoms with Gasteiger partial charge in [-0.1, -0.05) is 0 Å². The number of nitrogens with one attached hydrogen (secondary N) is 1. The molecule has 1 rings (SSSR count). The molecule has 1 atom stereocenters. The first kappa shape index (κ1) is 14.8. The summed E-state index contributed by atoms with van der Waals surface area (Å²) >= 11 is 0. The third-order valence-electron chi connectivity index (χ3n) is 2.87. The molecule has 1 aliphatic rings. The Morgan fingerprint density at radius 2 is 2.00 bits per heavy atom. The Morgan fingerprint density at radius 1 is 1.39 bits per heavy atom.